The van der Waals surface area contributed by atoms with Crippen molar-refractivity contribution in [3.05, 3.63) is 42.5 Å². The Hall–Kier alpha value is -3.21. The third kappa shape index (κ3) is 3.13. The van der Waals surface area contributed by atoms with E-state index in [9.17, 15) is 9.59 Å². The number of nitrogens with zero attached hydrogens (tertiary/aromatic N) is 4. The molecule has 2 rings (SSSR count). The summed E-state index contributed by atoms with van der Waals surface area (Å²) in [7, 11) is 0. The minimum atomic E-state index is -0.857. The van der Waals surface area contributed by atoms with Crippen LogP contribution in [0.4, 0.5) is 5.69 Å². The molecule has 0 aliphatic rings. The topological polar surface area (TPSA) is 113 Å². The SMILES string of the molecule is N#Cc1ccc(NC(=O)C(=O)Nn2cnnc2)cc1. The summed E-state index contributed by atoms with van der Waals surface area (Å²) in [5, 5.41) is 18.0. The number of hydrogen-bond donors (Lipinski definition) is 2. The quantitative estimate of drug-likeness (QED) is 0.726. The van der Waals surface area contributed by atoms with Gasteiger partial charge in [0.2, 0.25) is 0 Å². The Morgan fingerprint density at radius 1 is 1.11 bits per heavy atom. The zero-order valence-electron chi connectivity index (χ0n) is 9.57. The zero-order valence-corrected chi connectivity index (χ0v) is 9.57. The maximum Gasteiger partial charge on any atom is 0.328 e. The molecule has 0 bridgehead atoms. The molecule has 0 saturated carbocycles. The second-order valence-corrected chi connectivity index (χ2v) is 3.45. The summed E-state index contributed by atoms with van der Waals surface area (Å²) in [5.41, 5.74) is 3.14. The first-order valence-electron chi connectivity index (χ1n) is 5.16. The van der Waals surface area contributed by atoms with Crippen molar-refractivity contribution in [2.24, 2.45) is 0 Å². The molecule has 1 aromatic heterocycles. The Morgan fingerprint density at radius 3 is 2.32 bits per heavy atom. The van der Waals surface area contributed by atoms with Crippen LogP contribution >= 0.6 is 0 Å². The summed E-state index contributed by atoms with van der Waals surface area (Å²) in [6.45, 7) is 0. The molecule has 0 spiro atoms. The van der Waals surface area contributed by atoms with Gasteiger partial charge in [0.1, 0.15) is 12.7 Å². The summed E-state index contributed by atoms with van der Waals surface area (Å²) in [6, 6.07) is 8.08. The van der Waals surface area contributed by atoms with E-state index in [0.29, 0.717) is 11.3 Å². The summed E-state index contributed by atoms with van der Waals surface area (Å²) in [6.07, 6.45) is 2.49. The van der Waals surface area contributed by atoms with E-state index in [1.165, 1.54) is 36.9 Å². The Labute approximate surface area is 107 Å². The van der Waals surface area contributed by atoms with E-state index in [-0.39, 0.29) is 0 Å². The average Bonchev–Trinajstić information content (AvgIpc) is 2.92. The normalized spacial score (nSPS) is 9.42. The zero-order chi connectivity index (χ0) is 13.7. The predicted molar refractivity (Wildman–Crippen MR) is 64.2 cm³/mol. The Balaban J connectivity index is 1.96. The molecule has 0 fully saturated rings. The number of nitriles is 1. The van der Waals surface area contributed by atoms with Gasteiger partial charge < -0.3 is 5.32 Å². The van der Waals surface area contributed by atoms with Gasteiger partial charge in [0, 0.05) is 5.69 Å². The second-order valence-electron chi connectivity index (χ2n) is 3.45. The first kappa shape index (κ1) is 12.3. The number of carbonyl (C=O) groups excluding carboxylic acids is 2. The third-order valence-electron chi connectivity index (χ3n) is 2.13. The van der Waals surface area contributed by atoms with Crippen molar-refractivity contribution in [2.75, 3.05) is 10.7 Å². The van der Waals surface area contributed by atoms with Gasteiger partial charge in [0.25, 0.3) is 0 Å². The van der Waals surface area contributed by atoms with Crippen molar-refractivity contribution in [2.45, 2.75) is 0 Å². The molecular weight excluding hydrogens is 248 g/mol. The first-order valence-corrected chi connectivity index (χ1v) is 5.16. The van der Waals surface area contributed by atoms with Crippen molar-refractivity contribution in [1.29, 1.82) is 5.26 Å². The predicted octanol–water partition coefficient (Wildman–Crippen LogP) is -0.141. The molecule has 0 aliphatic carbocycles. The van der Waals surface area contributed by atoms with E-state index >= 15 is 0 Å². The standard InChI is InChI=1S/C11H8N6O2/c12-5-8-1-3-9(4-2-8)15-10(18)11(19)16-17-6-13-14-7-17/h1-4,6-7H,(H,15,18)(H,16,19). The number of carbonyl (C=O) groups is 2. The highest BCUT2D eigenvalue weighted by molar-refractivity contribution is 6.42. The monoisotopic (exact) mass is 256 g/mol. The molecule has 2 aromatic rings. The van der Waals surface area contributed by atoms with Gasteiger partial charge in [-0.15, -0.1) is 10.2 Å². The van der Waals surface area contributed by atoms with Crippen LogP contribution in [-0.2, 0) is 9.59 Å². The fourth-order valence-corrected chi connectivity index (χ4v) is 1.24. The van der Waals surface area contributed by atoms with Gasteiger partial charge in [-0.1, -0.05) is 0 Å². The van der Waals surface area contributed by atoms with Crippen LogP contribution in [0.1, 0.15) is 5.56 Å². The maximum atomic E-state index is 11.6. The maximum absolute atomic E-state index is 11.6. The molecule has 0 unspecified atom stereocenters. The van der Waals surface area contributed by atoms with Crippen LogP contribution in [0.3, 0.4) is 0 Å². The van der Waals surface area contributed by atoms with E-state index in [4.69, 9.17) is 5.26 Å². The van der Waals surface area contributed by atoms with Crippen LogP contribution in [0, 0.1) is 11.3 Å². The Bertz CT molecular complexity index is 626. The molecular formula is C11H8N6O2. The molecule has 0 saturated heterocycles. The van der Waals surface area contributed by atoms with Crippen LogP contribution in [0.2, 0.25) is 0 Å². The second kappa shape index (κ2) is 5.42. The van der Waals surface area contributed by atoms with E-state index in [0.717, 1.165) is 4.68 Å². The lowest BCUT2D eigenvalue weighted by Gasteiger charge is -2.05. The lowest BCUT2D eigenvalue weighted by molar-refractivity contribution is -0.133. The smallest absolute Gasteiger partial charge is 0.318 e. The molecule has 0 radical (unpaired) electrons. The lowest BCUT2D eigenvalue weighted by atomic mass is 10.2. The fourth-order valence-electron chi connectivity index (χ4n) is 1.24. The molecule has 2 amide bonds. The minimum Gasteiger partial charge on any atom is -0.318 e. The number of amides is 2. The van der Waals surface area contributed by atoms with Crippen molar-refractivity contribution in [3.63, 3.8) is 0 Å². The highest BCUT2D eigenvalue weighted by Gasteiger charge is 2.13. The van der Waals surface area contributed by atoms with E-state index in [2.05, 4.69) is 20.9 Å². The summed E-state index contributed by atoms with van der Waals surface area (Å²) >= 11 is 0. The number of nitrogens with one attached hydrogen (secondary N) is 2. The minimum absolute atomic E-state index is 0.419. The number of hydrogen-bond acceptors (Lipinski definition) is 5. The number of rotatable bonds is 2. The summed E-state index contributed by atoms with van der Waals surface area (Å²) in [5.74, 6) is -1.69. The van der Waals surface area contributed by atoms with Gasteiger partial charge in [-0.2, -0.15) is 5.26 Å². The van der Waals surface area contributed by atoms with Crippen LogP contribution in [0.15, 0.2) is 36.9 Å². The number of benzene rings is 1. The van der Waals surface area contributed by atoms with Gasteiger partial charge in [-0.25, -0.2) is 4.68 Å². The van der Waals surface area contributed by atoms with Crippen molar-refractivity contribution >= 4 is 17.5 Å². The third-order valence-corrected chi connectivity index (χ3v) is 2.13. The molecule has 94 valence electrons. The van der Waals surface area contributed by atoms with Crippen molar-refractivity contribution in [1.82, 2.24) is 14.9 Å². The molecule has 2 N–H and O–H groups in total. The van der Waals surface area contributed by atoms with Gasteiger partial charge >= 0.3 is 11.8 Å². The van der Waals surface area contributed by atoms with Crippen molar-refractivity contribution in [3.8, 4) is 6.07 Å². The van der Waals surface area contributed by atoms with Crippen molar-refractivity contribution < 1.29 is 9.59 Å². The molecule has 1 aromatic carbocycles. The molecule has 0 aliphatic heterocycles. The van der Waals surface area contributed by atoms with Crippen LogP contribution in [0.5, 0.6) is 0 Å². The molecule has 0 atom stereocenters. The van der Waals surface area contributed by atoms with Gasteiger partial charge in [-0.3, -0.25) is 15.0 Å². The van der Waals surface area contributed by atoms with Gasteiger partial charge in [0.05, 0.1) is 11.6 Å². The lowest BCUT2D eigenvalue weighted by Crippen LogP contribution is -2.33. The summed E-state index contributed by atoms with van der Waals surface area (Å²) in [4.78, 5) is 23.0. The van der Waals surface area contributed by atoms with E-state index in [1.54, 1.807) is 0 Å². The average molecular weight is 256 g/mol. The Kier molecular flexibility index (Phi) is 3.49. The highest BCUT2D eigenvalue weighted by atomic mass is 16.2. The molecule has 1 heterocycles. The number of aromatic nitrogens is 3. The van der Waals surface area contributed by atoms with Crippen LogP contribution < -0.4 is 10.7 Å². The highest BCUT2D eigenvalue weighted by Crippen LogP contribution is 2.08. The van der Waals surface area contributed by atoms with Crippen LogP contribution in [-0.4, -0.2) is 26.7 Å². The fraction of sp³-hybridized carbons (Fsp3) is 0. The Morgan fingerprint density at radius 2 is 1.74 bits per heavy atom. The van der Waals surface area contributed by atoms with E-state index < -0.39 is 11.8 Å². The molecule has 8 heteroatoms. The van der Waals surface area contributed by atoms with E-state index in [1.807, 2.05) is 6.07 Å². The molecule has 19 heavy (non-hydrogen) atoms. The van der Waals surface area contributed by atoms with Gasteiger partial charge in [0.15, 0.2) is 0 Å². The van der Waals surface area contributed by atoms with Crippen LogP contribution in [0.25, 0.3) is 0 Å². The molecule has 8 nitrogen and oxygen atoms in total. The summed E-state index contributed by atoms with van der Waals surface area (Å²) < 4.78 is 1.15. The number of anilines is 1. The van der Waals surface area contributed by atoms with Gasteiger partial charge in [-0.05, 0) is 24.3 Å². The first-order chi connectivity index (χ1) is 9.19. The largest absolute Gasteiger partial charge is 0.328 e.